The van der Waals surface area contributed by atoms with Gasteiger partial charge in [-0.1, -0.05) is 0 Å². The van der Waals surface area contributed by atoms with Gasteiger partial charge in [0.1, 0.15) is 0 Å². The molecule has 2 aliphatic heterocycles. The number of fused-ring (bicyclic) bond motifs is 1. The van der Waals surface area contributed by atoms with Crippen molar-refractivity contribution in [1.29, 1.82) is 0 Å². The fourth-order valence-corrected chi connectivity index (χ4v) is 4.54. The van der Waals surface area contributed by atoms with Crippen molar-refractivity contribution in [1.82, 2.24) is 4.90 Å². The van der Waals surface area contributed by atoms with Crippen molar-refractivity contribution < 1.29 is 32.2 Å². The molecule has 0 saturated carbocycles. The van der Waals surface area contributed by atoms with Crippen LogP contribution < -0.4 is 14.4 Å². The Hall–Kier alpha value is -3.23. The van der Waals surface area contributed by atoms with Gasteiger partial charge in [-0.15, -0.1) is 0 Å². The molecule has 0 aliphatic carbocycles. The molecule has 2 aromatic carbocycles. The number of aryl methyl sites for hydroxylation is 1. The molecule has 2 aliphatic rings. The number of halogens is 3. The highest BCUT2D eigenvalue weighted by Crippen LogP contribution is 2.36. The van der Waals surface area contributed by atoms with E-state index in [0.717, 1.165) is 44.5 Å². The number of amides is 2. The average molecular weight is 491 g/mol. The van der Waals surface area contributed by atoms with Gasteiger partial charge in [-0.05, 0) is 81.0 Å². The molecule has 9 heteroatoms. The second-order valence-corrected chi connectivity index (χ2v) is 8.73. The Morgan fingerprint density at radius 1 is 0.914 bits per heavy atom. The highest BCUT2D eigenvalue weighted by Gasteiger charge is 2.33. The maximum Gasteiger partial charge on any atom is 0.416 e. The minimum Gasteiger partial charge on any atom is -0.490 e. The third kappa shape index (κ3) is 5.71. The molecule has 2 aromatic rings. The summed E-state index contributed by atoms with van der Waals surface area (Å²) in [7, 11) is 0. The molecule has 1 fully saturated rings. The van der Waals surface area contributed by atoms with Gasteiger partial charge >= 0.3 is 6.18 Å². The molecule has 1 saturated heterocycles. The van der Waals surface area contributed by atoms with Gasteiger partial charge in [0.05, 0.1) is 12.2 Å². The van der Waals surface area contributed by atoms with Crippen molar-refractivity contribution in [3.8, 4) is 11.5 Å². The van der Waals surface area contributed by atoms with Crippen molar-refractivity contribution in [2.24, 2.45) is 0 Å². The summed E-state index contributed by atoms with van der Waals surface area (Å²) in [5.41, 5.74) is 0.598. The molecule has 0 spiro atoms. The number of carbonyl (C=O) groups excluding carboxylic acids is 2. The fourth-order valence-electron chi connectivity index (χ4n) is 4.54. The van der Waals surface area contributed by atoms with Crippen molar-refractivity contribution >= 4 is 17.5 Å². The lowest BCUT2D eigenvalue weighted by Crippen LogP contribution is -2.38. The molecule has 0 bridgehead atoms. The largest absolute Gasteiger partial charge is 0.490 e. The lowest BCUT2D eigenvalue weighted by Gasteiger charge is -2.30. The number of rotatable bonds is 6. The maximum atomic E-state index is 13.3. The molecule has 35 heavy (non-hydrogen) atoms. The first-order chi connectivity index (χ1) is 16.8. The van der Waals surface area contributed by atoms with Gasteiger partial charge in [-0.2, -0.15) is 13.2 Å². The van der Waals surface area contributed by atoms with Crippen LogP contribution in [0.2, 0.25) is 0 Å². The van der Waals surface area contributed by atoms with Gasteiger partial charge in [0, 0.05) is 30.9 Å². The van der Waals surface area contributed by atoms with Gasteiger partial charge < -0.3 is 19.3 Å². The molecule has 188 valence electrons. The van der Waals surface area contributed by atoms with E-state index >= 15 is 0 Å². The third-order valence-corrected chi connectivity index (χ3v) is 6.32. The Balaban J connectivity index is 1.51. The Kier molecular flexibility index (Phi) is 7.52. The number of benzene rings is 2. The van der Waals surface area contributed by atoms with E-state index in [0.29, 0.717) is 54.3 Å². The fraction of sp³-hybridized carbons (Fsp3) is 0.462. The van der Waals surface area contributed by atoms with Crippen molar-refractivity contribution in [2.75, 3.05) is 37.7 Å². The summed E-state index contributed by atoms with van der Waals surface area (Å²) in [5, 5.41) is 0. The Labute approximate surface area is 202 Å². The van der Waals surface area contributed by atoms with Crippen LogP contribution in [0.3, 0.4) is 0 Å². The number of anilines is 1. The first-order valence-electron chi connectivity index (χ1n) is 12.0. The normalized spacial score (nSPS) is 16.0. The molecule has 4 rings (SSSR count). The van der Waals surface area contributed by atoms with Crippen LogP contribution in [-0.4, -0.2) is 49.6 Å². The van der Waals surface area contributed by atoms with E-state index in [1.165, 1.54) is 11.0 Å². The van der Waals surface area contributed by atoms with Gasteiger partial charge in [0.2, 0.25) is 0 Å². The molecule has 0 radical (unpaired) electrons. The van der Waals surface area contributed by atoms with Gasteiger partial charge in [0.25, 0.3) is 11.8 Å². The monoisotopic (exact) mass is 490 g/mol. The molecule has 6 nitrogen and oxygen atoms in total. The summed E-state index contributed by atoms with van der Waals surface area (Å²) in [6.07, 6.45) is -0.282. The van der Waals surface area contributed by atoms with Crippen LogP contribution in [0.1, 0.15) is 54.1 Å². The number of alkyl halides is 3. The lowest BCUT2D eigenvalue weighted by molar-refractivity contribution is -0.137. The Morgan fingerprint density at radius 3 is 2.40 bits per heavy atom. The summed E-state index contributed by atoms with van der Waals surface area (Å²) in [5.74, 6) is 0.287. The zero-order valence-electron chi connectivity index (χ0n) is 19.7. The number of nitrogens with zero attached hydrogens (tertiary/aromatic N) is 2. The van der Waals surface area contributed by atoms with Crippen LogP contribution in [0, 0.1) is 0 Å². The number of hydrogen-bond acceptors (Lipinski definition) is 4. The third-order valence-electron chi connectivity index (χ3n) is 6.32. The number of carbonyl (C=O) groups is 2. The van der Waals surface area contributed by atoms with Crippen LogP contribution in [0.5, 0.6) is 11.5 Å². The molecular weight excluding hydrogens is 461 g/mol. The van der Waals surface area contributed by atoms with Crippen molar-refractivity contribution in [3.63, 3.8) is 0 Å². The molecule has 2 amide bonds. The topological polar surface area (TPSA) is 59.1 Å². The zero-order chi connectivity index (χ0) is 25.0. The van der Waals surface area contributed by atoms with E-state index in [2.05, 4.69) is 0 Å². The van der Waals surface area contributed by atoms with Gasteiger partial charge in [-0.3, -0.25) is 9.59 Å². The molecule has 0 unspecified atom stereocenters. The number of likely N-dealkylation sites (tertiary alicyclic amines) is 1. The molecule has 0 atom stereocenters. The first kappa shape index (κ1) is 24.9. The number of ether oxygens (including phenoxy) is 2. The number of hydrogen-bond donors (Lipinski definition) is 0. The van der Waals surface area contributed by atoms with E-state index < -0.39 is 11.7 Å². The van der Waals surface area contributed by atoms with Crippen LogP contribution in [0.15, 0.2) is 36.4 Å². The predicted octanol–water partition coefficient (Wildman–Crippen LogP) is 5.09. The summed E-state index contributed by atoms with van der Waals surface area (Å²) in [6, 6.07) is 8.24. The van der Waals surface area contributed by atoms with Gasteiger partial charge in [0.15, 0.2) is 18.1 Å². The second kappa shape index (κ2) is 10.6. The van der Waals surface area contributed by atoms with Crippen molar-refractivity contribution in [2.45, 2.75) is 45.2 Å². The molecular formula is C26H29F3N2O4. The van der Waals surface area contributed by atoms with Crippen LogP contribution >= 0.6 is 0 Å². The predicted molar refractivity (Wildman–Crippen MR) is 125 cm³/mol. The van der Waals surface area contributed by atoms with Crippen LogP contribution in [-0.2, 0) is 17.4 Å². The van der Waals surface area contributed by atoms with Crippen LogP contribution in [0.4, 0.5) is 18.9 Å². The van der Waals surface area contributed by atoms with Crippen LogP contribution in [0.25, 0.3) is 0 Å². The quantitative estimate of drug-likeness (QED) is 0.566. The van der Waals surface area contributed by atoms with Crippen molar-refractivity contribution in [3.05, 3.63) is 53.1 Å². The van der Waals surface area contributed by atoms with E-state index in [-0.39, 0.29) is 18.4 Å². The SMILES string of the molecule is CCOc1cc(C(=O)N2CCCc3cc(C(F)(F)F)ccc32)ccc1OCC(=O)N1CCCCC1. The summed E-state index contributed by atoms with van der Waals surface area (Å²) in [4.78, 5) is 29.1. The average Bonchev–Trinajstić information content (AvgIpc) is 2.86. The maximum absolute atomic E-state index is 13.3. The summed E-state index contributed by atoms with van der Waals surface area (Å²) >= 11 is 0. The summed E-state index contributed by atoms with van der Waals surface area (Å²) < 4.78 is 50.8. The van der Waals surface area contributed by atoms with E-state index in [1.807, 2.05) is 0 Å². The minimum absolute atomic E-state index is 0.0875. The number of piperidine rings is 1. The molecule has 2 heterocycles. The highest BCUT2D eigenvalue weighted by atomic mass is 19.4. The molecule has 0 N–H and O–H groups in total. The van der Waals surface area contributed by atoms with Gasteiger partial charge in [-0.25, -0.2) is 0 Å². The smallest absolute Gasteiger partial charge is 0.416 e. The zero-order valence-corrected chi connectivity index (χ0v) is 19.7. The second-order valence-electron chi connectivity index (χ2n) is 8.73. The summed E-state index contributed by atoms with van der Waals surface area (Å²) in [6.45, 7) is 3.89. The standard InChI is InChI=1S/C26H29F3N2O4/c1-2-34-23-16-19(8-11-22(23)35-17-24(32)30-12-4-3-5-13-30)25(33)31-14-6-7-18-15-20(26(27,28)29)9-10-21(18)31/h8-11,15-16H,2-7,12-14,17H2,1H3. The first-order valence-corrected chi connectivity index (χ1v) is 12.0. The minimum atomic E-state index is -4.43. The Morgan fingerprint density at radius 2 is 1.69 bits per heavy atom. The van der Waals surface area contributed by atoms with E-state index in [9.17, 15) is 22.8 Å². The molecule has 0 aromatic heterocycles. The van der Waals surface area contributed by atoms with E-state index in [1.54, 1.807) is 30.0 Å². The Bertz CT molecular complexity index is 1080. The van der Waals surface area contributed by atoms with E-state index in [4.69, 9.17) is 9.47 Å². The lowest BCUT2D eigenvalue weighted by atomic mass is 9.98. The highest BCUT2D eigenvalue weighted by molar-refractivity contribution is 6.07.